The summed E-state index contributed by atoms with van der Waals surface area (Å²) in [6, 6.07) is 5.10. The number of rotatable bonds is 3. The third-order valence-corrected chi connectivity index (χ3v) is 4.26. The molecule has 0 bridgehead atoms. The van der Waals surface area contributed by atoms with Crippen LogP contribution in [0.1, 0.15) is 5.56 Å². The van der Waals surface area contributed by atoms with Gasteiger partial charge in [-0.15, -0.1) is 0 Å². The first-order valence-electron chi connectivity index (χ1n) is 7.87. The molecule has 138 valence electrons. The molecule has 0 saturated heterocycles. The minimum Gasteiger partial charge on any atom is -0.466 e. The SMILES string of the molecule is COC(=O)C1=C(C(=O)OC)N(c2cccc3c2CN(C)C(=O)N3)COC1. The maximum atomic E-state index is 12.4. The standard InChI is InChI=1S/C17H19N3O6/c1-19-7-10-12(18-17(19)23)5-4-6-13(10)20-9-26-8-11(15(21)24-2)14(20)16(22)25-3/h4-6H,7-9H2,1-3H3,(H,18,23). The summed E-state index contributed by atoms with van der Waals surface area (Å²) in [5.74, 6) is -1.33. The van der Waals surface area contributed by atoms with Gasteiger partial charge >= 0.3 is 18.0 Å². The van der Waals surface area contributed by atoms with E-state index in [1.807, 2.05) is 0 Å². The Bertz CT molecular complexity index is 804. The van der Waals surface area contributed by atoms with Crippen LogP contribution in [0.4, 0.5) is 16.2 Å². The second-order valence-corrected chi connectivity index (χ2v) is 5.81. The van der Waals surface area contributed by atoms with Crippen LogP contribution < -0.4 is 10.2 Å². The topological polar surface area (TPSA) is 97.4 Å². The summed E-state index contributed by atoms with van der Waals surface area (Å²) < 4.78 is 15.1. The molecule has 0 fully saturated rings. The lowest BCUT2D eigenvalue weighted by molar-refractivity contribution is -0.140. The molecule has 9 nitrogen and oxygen atoms in total. The third kappa shape index (κ3) is 2.97. The van der Waals surface area contributed by atoms with Crippen molar-refractivity contribution >= 4 is 29.3 Å². The number of nitrogens with zero attached hydrogens (tertiary/aromatic N) is 2. The number of anilines is 2. The maximum absolute atomic E-state index is 12.4. The van der Waals surface area contributed by atoms with E-state index in [2.05, 4.69) is 5.32 Å². The van der Waals surface area contributed by atoms with Gasteiger partial charge in [-0.2, -0.15) is 0 Å². The van der Waals surface area contributed by atoms with Crippen LogP contribution >= 0.6 is 0 Å². The highest BCUT2D eigenvalue weighted by Gasteiger charge is 2.34. The minimum atomic E-state index is -0.667. The Balaban J connectivity index is 2.13. The minimum absolute atomic E-state index is 0.0546. The lowest BCUT2D eigenvalue weighted by Gasteiger charge is -2.35. The first-order chi connectivity index (χ1) is 12.5. The average Bonchev–Trinajstić information content (AvgIpc) is 2.66. The van der Waals surface area contributed by atoms with E-state index in [4.69, 9.17) is 14.2 Å². The van der Waals surface area contributed by atoms with Gasteiger partial charge in [-0.05, 0) is 12.1 Å². The Hall–Kier alpha value is -3.07. The molecule has 9 heteroatoms. The molecule has 2 aliphatic rings. The Morgan fingerprint density at radius 2 is 1.92 bits per heavy atom. The molecule has 2 amide bonds. The summed E-state index contributed by atoms with van der Waals surface area (Å²) in [5.41, 5.74) is 2.22. The van der Waals surface area contributed by atoms with E-state index < -0.39 is 11.9 Å². The van der Waals surface area contributed by atoms with Crippen LogP contribution in [0.5, 0.6) is 0 Å². The van der Waals surface area contributed by atoms with Gasteiger partial charge in [0.1, 0.15) is 12.4 Å². The molecule has 1 aromatic rings. The molecular formula is C17H19N3O6. The van der Waals surface area contributed by atoms with E-state index in [0.717, 1.165) is 5.56 Å². The van der Waals surface area contributed by atoms with Gasteiger partial charge in [0, 0.05) is 18.3 Å². The van der Waals surface area contributed by atoms with Gasteiger partial charge in [0.05, 0.1) is 38.6 Å². The first-order valence-corrected chi connectivity index (χ1v) is 7.87. The monoisotopic (exact) mass is 361 g/mol. The predicted molar refractivity (Wildman–Crippen MR) is 91.3 cm³/mol. The number of ether oxygens (including phenoxy) is 3. The van der Waals surface area contributed by atoms with Crippen molar-refractivity contribution in [3.8, 4) is 0 Å². The Labute approximate surface area is 150 Å². The van der Waals surface area contributed by atoms with Gasteiger partial charge < -0.3 is 29.3 Å². The fourth-order valence-electron chi connectivity index (χ4n) is 2.96. The van der Waals surface area contributed by atoms with Crippen molar-refractivity contribution in [1.29, 1.82) is 0 Å². The molecule has 2 aliphatic heterocycles. The van der Waals surface area contributed by atoms with Crippen molar-refractivity contribution in [2.75, 3.05) is 44.8 Å². The molecule has 0 unspecified atom stereocenters. The second kappa shape index (κ2) is 7.04. The Kier molecular flexibility index (Phi) is 4.81. The van der Waals surface area contributed by atoms with Crippen LogP contribution in [0, 0.1) is 0 Å². The van der Waals surface area contributed by atoms with Crippen LogP contribution in [-0.4, -0.2) is 57.5 Å². The molecule has 1 N–H and O–H groups in total. The summed E-state index contributed by atoms with van der Waals surface area (Å²) in [6.07, 6.45) is 0. The molecule has 0 aromatic heterocycles. The largest absolute Gasteiger partial charge is 0.466 e. The molecule has 0 atom stereocenters. The zero-order valence-electron chi connectivity index (χ0n) is 14.7. The van der Waals surface area contributed by atoms with Crippen molar-refractivity contribution in [3.05, 3.63) is 35.0 Å². The van der Waals surface area contributed by atoms with Gasteiger partial charge in [0.2, 0.25) is 0 Å². The molecule has 0 radical (unpaired) electrons. The van der Waals surface area contributed by atoms with E-state index in [1.54, 1.807) is 30.1 Å². The smallest absolute Gasteiger partial charge is 0.355 e. The number of fused-ring (bicyclic) bond motifs is 1. The van der Waals surface area contributed by atoms with E-state index in [-0.39, 0.29) is 30.6 Å². The fraction of sp³-hybridized carbons (Fsp3) is 0.353. The number of urea groups is 1. The Morgan fingerprint density at radius 3 is 2.62 bits per heavy atom. The first kappa shape index (κ1) is 17.7. The molecule has 3 rings (SSSR count). The van der Waals surface area contributed by atoms with E-state index in [9.17, 15) is 14.4 Å². The number of benzene rings is 1. The average molecular weight is 361 g/mol. The molecule has 1 aromatic carbocycles. The molecule has 0 spiro atoms. The second-order valence-electron chi connectivity index (χ2n) is 5.81. The van der Waals surface area contributed by atoms with Crippen LogP contribution in [0.25, 0.3) is 0 Å². The maximum Gasteiger partial charge on any atom is 0.355 e. The Morgan fingerprint density at radius 1 is 1.19 bits per heavy atom. The van der Waals surface area contributed by atoms with Crippen molar-refractivity contribution < 1.29 is 28.6 Å². The highest BCUT2D eigenvalue weighted by Crippen LogP contribution is 2.35. The number of hydrogen-bond acceptors (Lipinski definition) is 7. The highest BCUT2D eigenvalue weighted by atomic mass is 16.5. The van der Waals surface area contributed by atoms with Crippen molar-refractivity contribution in [3.63, 3.8) is 0 Å². The molecular weight excluding hydrogens is 342 g/mol. The fourth-order valence-corrected chi connectivity index (χ4v) is 2.96. The zero-order valence-corrected chi connectivity index (χ0v) is 14.7. The lowest BCUT2D eigenvalue weighted by atomic mass is 10.0. The van der Waals surface area contributed by atoms with Gasteiger partial charge in [-0.3, -0.25) is 0 Å². The van der Waals surface area contributed by atoms with E-state index in [1.165, 1.54) is 19.1 Å². The summed E-state index contributed by atoms with van der Waals surface area (Å²) >= 11 is 0. The summed E-state index contributed by atoms with van der Waals surface area (Å²) in [4.78, 5) is 39.4. The number of carbonyl (C=O) groups excluding carboxylic acids is 3. The van der Waals surface area contributed by atoms with Crippen molar-refractivity contribution in [1.82, 2.24) is 4.90 Å². The van der Waals surface area contributed by atoms with Gasteiger partial charge in [-0.1, -0.05) is 6.07 Å². The third-order valence-electron chi connectivity index (χ3n) is 4.26. The normalized spacial score (nSPS) is 16.8. The summed E-state index contributed by atoms with van der Waals surface area (Å²) in [5, 5.41) is 2.79. The zero-order chi connectivity index (χ0) is 18.8. The van der Waals surface area contributed by atoms with Crippen molar-refractivity contribution in [2.24, 2.45) is 0 Å². The number of amides is 2. The lowest BCUT2D eigenvalue weighted by Crippen LogP contribution is -2.41. The van der Waals surface area contributed by atoms with Crippen molar-refractivity contribution in [2.45, 2.75) is 6.54 Å². The van der Waals surface area contributed by atoms with E-state index >= 15 is 0 Å². The number of esters is 2. The van der Waals surface area contributed by atoms with Crippen LogP contribution in [0.3, 0.4) is 0 Å². The molecule has 0 saturated carbocycles. The van der Waals surface area contributed by atoms with Crippen LogP contribution in [0.15, 0.2) is 29.5 Å². The number of methoxy groups -OCH3 is 2. The predicted octanol–water partition coefficient (Wildman–Crippen LogP) is 1.06. The number of carbonyl (C=O) groups is 3. The van der Waals surface area contributed by atoms with Gasteiger partial charge in [0.15, 0.2) is 0 Å². The number of hydrogen-bond donors (Lipinski definition) is 1. The molecule has 0 aliphatic carbocycles. The van der Waals surface area contributed by atoms with Crippen LogP contribution in [-0.2, 0) is 30.3 Å². The summed E-state index contributed by atoms with van der Waals surface area (Å²) in [7, 11) is 4.14. The summed E-state index contributed by atoms with van der Waals surface area (Å²) in [6.45, 7) is 0.341. The highest BCUT2D eigenvalue weighted by molar-refractivity contribution is 6.04. The van der Waals surface area contributed by atoms with E-state index in [0.29, 0.717) is 17.9 Å². The van der Waals surface area contributed by atoms with Gasteiger partial charge in [0.25, 0.3) is 0 Å². The van der Waals surface area contributed by atoms with Gasteiger partial charge in [-0.25, -0.2) is 14.4 Å². The quantitative estimate of drug-likeness (QED) is 0.804. The number of nitrogens with one attached hydrogen (secondary N) is 1. The molecule has 26 heavy (non-hydrogen) atoms. The van der Waals surface area contributed by atoms with Crippen LogP contribution in [0.2, 0.25) is 0 Å². The molecule has 2 heterocycles.